The minimum atomic E-state index is -0.0971. The maximum Gasteiger partial charge on any atom is 0.312 e. The first-order valence-corrected chi connectivity index (χ1v) is 5.94. The molecule has 0 aliphatic carbocycles. The smallest absolute Gasteiger partial charge is 0.312 e. The molecule has 1 fully saturated rings. The summed E-state index contributed by atoms with van der Waals surface area (Å²) in [6.07, 6.45) is 2.80. The first kappa shape index (κ1) is 10.7. The summed E-state index contributed by atoms with van der Waals surface area (Å²) < 4.78 is 6.02. The van der Waals surface area contributed by atoms with Crippen molar-refractivity contribution in [3.63, 3.8) is 0 Å². The molecular formula is C12H11IO2. The molecule has 0 bridgehead atoms. The van der Waals surface area contributed by atoms with Gasteiger partial charge in [-0.3, -0.25) is 4.79 Å². The minimum absolute atomic E-state index is 0.0582. The Morgan fingerprint density at radius 3 is 2.73 bits per heavy atom. The van der Waals surface area contributed by atoms with Crippen molar-refractivity contribution in [3.8, 4) is 0 Å². The molecule has 0 radical (unpaired) electrons. The van der Waals surface area contributed by atoms with Crippen LogP contribution < -0.4 is 0 Å². The highest BCUT2D eigenvalue weighted by molar-refractivity contribution is 14.1. The van der Waals surface area contributed by atoms with Crippen LogP contribution in [-0.2, 0) is 9.53 Å². The van der Waals surface area contributed by atoms with Gasteiger partial charge < -0.3 is 4.74 Å². The van der Waals surface area contributed by atoms with Gasteiger partial charge in [-0.05, 0) is 34.6 Å². The number of esters is 1. The molecule has 1 aromatic rings. The maximum atomic E-state index is 11.3. The predicted molar refractivity (Wildman–Crippen MR) is 67.5 cm³/mol. The van der Waals surface area contributed by atoms with E-state index in [-0.39, 0.29) is 11.9 Å². The number of carbonyl (C=O) groups is 1. The van der Waals surface area contributed by atoms with Gasteiger partial charge in [-0.15, -0.1) is 0 Å². The van der Waals surface area contributed by atoms with Gasteiger partial charge in [-0.1, -0.05) is 36.4 Å². The molecule has 1 aliphatic heterocycles. The highest BCUT2D eigenvalue weighted by Crippen LogP contribution is 2.26. The summed E-state index contributed by atoms with van der Waals surface area (Å²) in [5.41, 5.74) is 1.15. The molecule has 1 saturated heterocycles. The van der Waals surface area contributed by atoms with Crippen LogP contribution in [0.5, 0.6) is 0 Å². The Labute approximate surface area is 102 Å². The zero-order chi connectivity index (χ0) is 10.7. The van der Waals surface area contributed by atoms with Crippen LogP contribution in [0, 0.1) is 5.92 Å². The third-order valence-corrected chi connectivity index (χ3v) is 3.36. The molecule has 15 heavy (non-hydrogen) atoms. The molecular weight excluding hydrogens is 303 g/mol. The Morgan fingerprint density at radius 2 is 2.13 bits per heavy atom. The first-order valence-electron chi connectivity index (χ1n) is 4.87. The average Bonchev–Trinajstić information content (AvgIpc) is 2.66. The number of cyclic esters (lactones) is 1. The van der Waals surface area contributed by atoms with Crippen LogP contribution in [0.25, 0.3) is 3.58 Å². The van der Waals surface area contributed by atoms with Gasteiger partial charge in [0.1, 0.15) is 0 Å². The maximum absolute atomic E-state index is 11.3. The second kappa shape index (κ2) is 4.79. The highest BCUT2D eigenvalue weighted by Gasteiger charge is 2.24. The Balaban J connectivity index is 2.17. The lowest BCUT2D eigenvalue weighted by atomic mass is 10.1. The molecule has 2 rings (SSSR count). The summed E-state index contributed by atoms with van der Waals surface area (Å²) >= 11 is 2.26. The van der Waals surface area contributed by atoms with Crippen LogP contribution in [0.15, 0.2) is 36.4 Å². The number of hydrogen-bond acceptors (Lipinski definition) is 2. The molecule has 1 unspecified atom stereocenters. The monoisotopic (exact) mass is 314 g/mol. The molecule has 1 atom stereocenters. The van der Waals surface area contributed by atoms with E-state index in [1.165, 1.54) is 0 Å². The Hall–Kier alpha value is -0.840. The van der Waals surface area contributed by atoms with Crippen molar-refractivity contribution in [2.24, 2.45) is 5.92 Å². The summed E-state index contributed by atoms with van der Waals surface area (Å²) in [5, 5.41) is 0. The lowest BCUT2D eigenvalue weighted by molar-refractivity contribution is -0.140. The molecule has 0 saturated carbocycles. The van der Waals surface area contributed by atoms with Gasteiger partial charge in [0.15, 0.2) is 0 Å². The standard InChI is InChI=1S/C12H11IO2/c13-11(9-4-2-1-3-5-9)8-10-6-7-15-12(10)14/h1-5,8,10H,6-7H2/b11-8+. The lowest BCUT2D eigenvalue weighted by Gasteiger charge is -2.02. The fraction of sp³-hybridized carbons (Fsp3) is 0.250. The Morgan fingerprint density at radius 1 is 1.40 bits per heavy atom. The van der Waals surface area contributed by atoms with Crippen LogP contribution in [0.2, 0.25) is 0 Å². The van der Waals surface area contributed by atoms with Crippen molar-refractivity contribution < 1.29 is 9.53 Å². The van der Waals surface area contributed by atoms with Gasteiger partial charge >= 0.3 is 5.97 Å². The van der Waals surface area contributed by atoms with E-state index in [0.29, 0.717) is 6.61 Å². The number of hydrogen-bond donors (Lipinski definition) is 0. The molecule has 1 heterocycles. The third kappa shape index (κ3) is 2.59. The van der Waals surface area contributed by atoms with Gasteiger partial charge in [0.2, 0.25) is 0 Å². The van der Waals surface area contributed by atoms with E-state index in [9.17, 15) is 4.79 Å². The van der Waals surface area contributed by atoms with E-state index < -0.39 is 0 Å². The number of benzene rings is 1. The molecule has 78 valence electrons. The van der Waals surface area contributed by atoms with Crippen molar-refractivity contribution in [1.82, 2.24) is 0 Å². The summed E-state index contributed by atoms with van der Waals surface area (Å²) in [5.74, 6) is -0.155. The van der Waals surface area contributed by atoms with Gasteiger partial charge in [-0.25, -0.2) is 0 Å². The van der Waals surface area contributed by atoms with Crippen LogP contribution in [-0.4, -0.2) is 12.6 Å². The minimum Gasteiger partial charge on any atom is -0.465 e. The Bertz CT molecular complexity index is 384. The summed E-state index contributed by atoms with van der Waals surface area (Å²) in [6.45, 7) is 0.554. The normalized spacial score (nSPS) is 21.5. The van der Waals surface area contributed by atoms with Crippen LogP contribution in [0.4, 0.5) is 0 Å². The molecule has 1 aromatic carbocycles. The first-order chi connectivity index (χ1) is 7.27. The quantitative estimate of drug-likeness (QED) is 0.619. The van der Waals surface area contributed by atoms with Gasteiger partial charge in [-0.2, -0.15) is 0 Å². The molecule has 2 nitrogen and oxygen atoms in total. The zero-order valence-corrected chi connectivity index (χ0v) is 10.3. The van der Waals surface area contributed by atoms with Gasteiger partial charge in [0.05, 0.1) is 12.5 Å². The van der Waals surface area contributed by atoms with Gasteiger partial charge in [0.25, 0.3) is 0 Å². The predicted octanol–water partition coefficient (Wildman–Crippen LogP) is 3.03. The van der Waals surface area contributed by atoms with E-state index in [1.54, 1.807) is 0 Å². The Kier molecular flexibility index (Phi) is 3.41. The topological polar surface area (TPSA) is 26.3 Å². The van der Waals surface area contributed by atoms with Crippen molar-refractivity contribution in [2.45, 2.75) is 6.42 Å². The van der Waals surface area contributed by atoms with E-state index in [1.807, 2.05) is 36.4 Å². The molecule has 0 N–H and O–H groups in total. The SMILES string of the molecule is O=C1OCCC1/C=C(/I)c1ccccc1. The lowest BCUT2D eigenvalue weighted by Crippen LogP contribution is -2.04. The van der Waals surface area contributed by atoms with Crippen molar-refractivity contribution >= 4 is 32.1 Å². The van der Waals surface area contributed by atoms with Crippen molar-refractivity contribution in [1.29, 1.82) is 0 Å². The van der Waals surface area contributed by atoms with E-state index in [0.717, 1.165) is 15.6 Å². The van der Waals surface area contributed by atoms with Crippen LogP contribution in [0.3, 0.4) is 0 Å². The molecule has 1 aliphatic rings. The number of halogens is 1. The molecule has 0 spiro atoms. The van der Waals surface area contributed by atoms with Crippen LogP contribution >= 0.6 is 22.6 Å². The third-order valence-electron chi connectivity index (χ3n) is 2.37. The van der Waals surface area contributed by atoms with Crippen molar-refractivity contribution in [2.75, 3.05) is 6.61 Å². The molecule has 3 heteroatoms. The number of rotatable bonds is 2. The second-order valence-electron chi connectivity index (χ2n) is 3.44. The average molecular weight is 314 g/mol. The largest absolute Gasteiger partial charge is 0.465 e. The van der Waals surface area contributed by atoms with E-state index in [2.05, 4.69) is 22.6 Å². The number of carbonyl (C=O) groups excluding carboxylic acids is 1. The van der Waals surface area contributed by atoms with E-state index >= 15 is 0 Å². The summed E-state index contributed by atoms with van der Waals surface area (Å²) in [6, 6.07) is 10.1. The summed E-state index contributed by atoms with van der Waals surface area (Å²) in [4.78, 5) is 11.3. The molecule has 0 amide bonds. The fourth-order valence-electron chi connectivity index (χ4n) is 1.53. The molecule has 0 aromatic heterocycles. The fourth-order valence-corrected chi connectivity index (χ4v) is 2.33. The second-order valence-corrected chi connectivity index (χ2v) is 4.61. The number of ether oxygens (including phenoxy) is 1. The van der Waals surface area contributed by atoms with Gasteiger partial charge in [0, 0.05) is 3.58 Å². The summed E-state index contributed by atoms with van der Waals surface area (Å²) in [7, 11) is 0. The van der Waals surface area contributed by atoms with E-state index in [4.69, 9.17) is 4.74 Å². The zero-order valence-electron chi connectivity index (χ0n) is 8.15. The van der Waals surface area contributed by atoms with Crippen LogP contribution in [0.1, 0.15) is 12.0 Å². The highest BCUT2D eigenvalue weighted by atomic mass is 127. The van der Waals surface area contributed by atoms with Crippen molar-refractivity contribution in [3.05, 3.63) is 42.0 Å².